The van der Waals surface area contributed by atoms with E-state index in [1.54, 1.807) is 0 Å². The van der Waals surface area contributed by atoms with E-state index in [2.05, 4.69) is 15.3 Å². The molecule has 1 aliphatic rings. The van der Waals surface area contributed by atoms with Crippen molar-refractivity contribution in [1.82, 2.24) is 9.97 Å². The number of nitrogens with one attached hydrogen (secondary N) is 1. The van der Waals surface area contributed by atoms with Crippen LogP contribution in [-0.2, 0) is 4.74 Å². The third-order valence-corrected chi connectivity index (χ3v) is 4.24. The SMILES string of the molecule is COC(=O)c1nc(C2CC2)nc(N[C@H](CO)c2ccccc2)c1Cl. The summed E-state index contributed by atoms with van der Waals surface area (Å²) in [5.74, 6) is 0.548. The molecular weight excluding hydrogens is 330 g/mol. The van der Waals surface area contributed by atoms with Crippen molar-refractivity contribution in [2.45, 2.75) is 24.8 Å². The lowest BCUT2D eigenvalue weighted by atomic mass is 10.1. The van der Waals surface area contributed by atoms with E-state index in [0.717, 1.165) is 18.4 Å². The van der Waals surface area contributed by atoms with Gasteiger partial charge in [-0.1, -0.05) is 41.9 Å². The lowest BCUT2D eigenvalue weighted by Gasteiger charge is -2.19. The average molecular weight is 348 g/mol. The zero-order chi connectivity index (χ0) is 17.1. The lowest BCUT2D eigenvalue weighted by Crippen LogP contribution is -2.18. The van der Waals surface area contributed by atoms with Crippen LogP contribution in [0.25, 0.3) is 0 Å². The molecule has 126 valence electrons. The molecule has 2 N–H and O–H groups in total. The fourth-order valence-corrected chi connectivity index (χ4v) is 2.62. The van der Waals surface area contributed by atoms with Crippen molar-refractivity contribution in [3.63, 3.8) is 0 Å². The van der Waals surface area contributed by atoms with Crippen LogP contribution in [0, 0.1) is 0 Å². The molecule has 1 atom stereocenters. The van der Waals surface area contributed by atoms with E-state index in [4.69, 9.17) is 16.3 Å². The van der Waals surface area contributed by atoms with E-state index in [1.807, 2.05) is 30.3 Å². The predicted molar refractivity (Wildman–Crippen MR) is 90.2 cm³/mol. The predicted octanol–water partition coefficient (Wildman–Crippen LogP) is 2.94. The third-order valence-electron chi connectivity index (χ3n) is 3.89. The molecule has 1 fully saturated rings. The van der Waals surface area contributed by atoms with Crippen LogP contribution in [0.5, 0.6) is 0 Å². The largest absolute Gasteiger partial charge is 0.464 e. The van der Waals surface area contributed by atoms with Crippen LogP contribution >= 0.6 is 11.6 Å². The van der Waals surface area contributed by atoms with Crippen LogP contribution in [0.2, 0.25) is 5.02 Å². The lowest BCUT2D eigenvalue weighted by molar-refractivity contribution is 0.0593. The van der Waals surface area contributed by atoms with Crippen molar-refractivity contribution >= 4 is 23.4 Å². The minimum Gasteiger partial charge on any atom is -0.464 e. The Morgan fingerprint density at radius 2 is 2.08 bits per heavy atom. The molecule has 3 rings (SSSR count). The molecule has 1 heterocycles. The number of hydrogen-bond acceptors (Lipinski definition) is 6. The number of rotatable bonds is 6. The van der Waals surface area contributed by atoms with Gasteiger partial charge in [0.05, 0.1) is 19.8 Å². The van der Waals surface area contributed by atoms with Gasteiger partial charge in [0.1, 0.15) is 16.7 Å². The second kappa shape index (κ2) is 7.15. The van der Waals surface area contributed by atoms with Crippen LogP contribution in [-0.4, -0.2) is 34.8 Å². The van der Waals surface area contributed by atoms with Crippen molar-refractivity contribution in [3.8, 4) is 0 Å². The quantitative estimate of drug-likeness (QED) is 0.781. The Morgan fingerprint density at radius 3 is 2.67 bits per heavy atom. The summed E-state index contributed by atoms with van der Waals surface area (Å²) in [6.45, 7) is -0.142. The molecule has 0 bridgehead atoms. The Morgan fingerprint density at radius 1 is 1.38 bits per heavy atom. The van der Waals surface area contributed by atoms with Gasteiger partial charge in [0, 0.05) is 5.92 Å². The van der Waals surface area contributed by atoms with Crippen molar-refractivity contribution in [1.29, 1.82) is 0 Å². The number of aromatic nitrogens is 2. The molecule has 1 aromatic heterocycles. The first-order valence-corrected chi connectivity index (χ1v) is 8.10. The van der Waals surface area contributed by atoms with Gasteiger partial charge in [-0.05, 0) is 18.4 Å². The number of aliphatic hydroxyl groups is 1. The molecule has 6 nitrogen and oxygen atoms in total. The number of methoxy groups -OCH3 is 1. The summed E-state index contributed by atoms with van der Waals surface area (Å²) < 4.78 is 4.75. The first-order valence-electron chi connectivity index (χ1n) is 7.72. The Labute approximate surface area is 144 Å². The third kappa shape index (κ3) is 3.49. The van der Waals surface area contributed by atoms with Crippen LogP contribution in [0.4, 0.5) is 5.82 Å². The minimum atomic E-state index is -0.604. The topological polar surface area (TPSA) is 84.3 Å². The van der Waals surface area contributed by atoms with E-state index in [0.29, 0.717) is 11.6 Å². The van der Waals surface area contributed by atoms with Gasteiger partial charge in [0.15, 0.2) is 5.69 Å². The fraction of sp³-hybridized carbons (Fsp3) is 0.353. The molecular formula is C17H18ClN3O3. The molecule has 0 radical (unpaired) electrons. The second-order valence-electron chi connectivity index (χ2n) is 5.65. The zero-order valence-corrected chi connectivity index (χ0v) is 14.0. The van der Waals surface area contributed by atoms with Crippen molar-refractivity contribution in [3.05, 3.63) is 52.4 Å². The average Bonchev–Trinajstić information content (AvgIpc) is 3.46. The summed E-state index contributed by atoms with van der Waals surface area (Å²) in [6, 6.07) is 9.07. The Balaban J connectivity index is 1.96. The van der Waals surface area contributed by atoms with Gasteiger partial charge in [0.2, 0.25) is 0 Å². The molecule has 0 amide bonds. The number of anilines is 1. The van der Waals surface area contributed by atoms with Gasteiger partial charge < -0.3 is 15.2 Å². The standard InChI is InChI=1S/C17H18ClN3O3/c1-24-17(23)14-13(18)16(21-15(20-14)11-7-8-11)19-12(9-22)10-5-3-2-4-6-10/h2-6,11-12,22H,7-9H2,1H3,(H,19,20,21)/t12-/m1/s1. The van der Waals surface area contributed by atoms with Gasteiger partial charge in [-0.25, -0.2) is 14.8 Å². The summed E-state index contributed by atoms with van der Waals surface area (Å²) >= 11 is 6.30. The smallest absolute Gasteiger partial charge is 0.358 e. The Bertz CT molecular complexity index is 735. The number of nitrogens with zero attached hydrogens (tertiary/aromatic N) is 2. The van der Waals surface area contributed by atoms with Gasteiger partial charge in [-0.2, -0.15) is 0 Å². The van der Waals surface area contributed by atoms with E-state index in [9.17, 15) is 9.90 Å². The number of carbonyl (C=O) groups is 1. The fourth-order valence-electron chi connectivity index (χ4n) is 2.40. The Hall–Kier alpha value is -2.18. The molecule has 24 heavy (non-hydrogen) atoms. The van der Waals surface area contributed by atoms with Crippen LogP contribution in [0.1, 0.15) is 46.7 Å². The first kappa shape index (κ1) is 16.7. The molecule has 7 heteroatoms. The van der Waals surface area contributed by atoms with Crippen LogP contribution in [0.15, 0.2) is 30.3 Å². The minimum absolute atomic E-state index is 0.0447. The molecule has 0 aliphatic heterocycles. The van der Waals surface area contributed by atoms with Crippen molar-refractivity contribution < 1.29 is 14.6 Å². The van der Waals surface area contributed by atoms with Gasteiger partial charge in [0.25, 0.3) is 0 Å². The summed E-state index contributed by atoms with van der Waals surface area (Å²) in [7, 11) is 1.28. The first-order chi connectivity index (χ1) is 11.6. The zero-order valence-electron chi connectivity index (χ0n) is 13.2. The normalized spacial score (nSPS) is 15.0. The number of halogens is 1. The maximum atomic E-state index is 11.9. The van der Waals surface area contributed by atoms with E-state index in [-0.39, 0.29) is 23.2 Å². The molecule has 0 spiro atoms. The highest BCUT2D eigenvalue weighted by Crippen LogP contribution is 2.40. The maximum Gasteiger partial charge on any atom is 0.358 e. The van der Waals surface area contributed by atoms with E-state index >= 15 is 0 Å². The highest BCUT2D eigenvalue weighted by molar-refractivity contribution is 6.35. The monoisotopic (exact) mass is 347 g/mol. The molecule has 1 aromatic carbocycles. The highest BCUT2D eigenvalue weighted by Gasteiger charge is 2.30. The Kier molecular flexibility index (Phi) is 4.97. The number of aliphatic hydroxyl groups excluding tert-OH is 1. The maximum absolute atomic E-state index is 11.9. The van der Waals surface area contributed by atoms with E-state index in [1.165, 1.54) is 7.11 Å². The van der Waals surface area contributed by atoms with E-state index < -0.39 is 12.0 Å². The number of carbonyl (C=O) groups excluding carboxylic acids is 1. The molecule has 0 unspecified atom stereocenters. The van der Waals surface area contributed by atoms with Gasteiger partial charge >= 0.3 is 5.97 Å². The second-order valence-corrected chi connectivity index (χ2v) is 6.03. The molecule has 0 saturated heterocycles. The molecule has 1 saturated carbocycles. The number of benzene rings is 1. The van der Waals surface area contributed by atoms with Crippen molar-refractivity contribution in [2.75, 3.05) is 19.0 Å². The van der Waals surface area contributed by atoms with Crippen molar-refractivity contribution in [2.24, 2.45) is 0 Å². The molecule has 1 aliphatic carbocycles. The summed E-state index contributed by atoms with van der Waals surface area (Å²) in [4.78, 5) is 20.6. The number of hydrogen-bond donors (Lipinski definition) is 2. The molecule has 2 aromatic rings. The number of esters is 1. The van der Waals surface area contributed by atoms with Gasteiger partial charge in [-0.3, -0.25) is 0 Å². The van der Waals surface area contributed by atoms with Gasteiger partial charge in [-0.15, -0.1) is 0 Å². The number of ether oxygens (including phenoxy) is 1. The highest BCUT2D eigenvalue weighted by atomic mass is 35.5. The van der Waals surface area contributed by atoms with Crippen LogP contribution in [0.3, 0.4) is 0 Å². The summed E-state index contributed by atoms with van der Waals surface area (Å²) in [6.07, 6.45) is 1.98. The summed E-state index contributed by atoms with van der Waals surface area (Å²) in [5, 5.41) is 12.9. The van der Waals surface area contributed by atoms with Crippen LogP contribution < -0.4 is 5.32 Å². The summed E-state index contributed by atoms with van der Waals surface area (Å²) in [5.41, 5.74) is 0.936.